The number of aliphatic hydroxyl groups is 1. The topological polar surface area (TPSA) is 114 Å². The zero-order valence-corrected chi connectivity index (χ0v) is 16.0. The van der Waals surface area contributed by atoms with Crippen LogP contribution in [-0.2, 0) is 6.18 Å². The van der Waals surface area contributed by atoms with Crippen LogP contribution < -0.4 is 16.4 Å². The summed E-state index contributed by atoms with van der Waals surface area (Å²) < 4.78 is 39.3. The lowest BCUT2D eigenvalue weighted by Gasteiger charge is -2.43. The first-order valence-corrected chi connectivity index (χ1v) is 9.41. The van der Waals surface area contributed by atoms with Crippen molar-refractivity contribution in [3.8, 4) is 0 Å². The van der Waals surface area contributed by atoms with E-state index in [0.29, 0.717) is 31.9 Å². The van der Waals surface area contributed by atoms with Crippen LogP contribution in [0.3, 0.4) is 0 Å². The normalized spacial score (nSPS) is 23.1. The molecule has 2 aromatic heterocycles. The number of nitrogens with zero attached hydrogens (tertiary/aromatic N) is 4. The highest BCUT2D eigenvalue weighted by atomic mass is 32.2. The Labute approximate surface area is 164 Å². The molecule has 1 saturated heterocycles. The molecule has 2 aromatic rings. The van der Waals surface area contributed by atoms with Gasteiger partial charge in [0.05, 0.1) is 12.3 Å². The van der Waals surface area contributed by atoms with E-state index in [9.17, 15) is 18.3 Å². The summed E-state index contributed by atoms with van der Waals surface area (Å²) in [4.78, 5) is 13.6. The molecule has 0 radical (unpaired) electrons. The van der Waals surface area contributed by atoms with E-state index >= 15 is 0 Å². The maximum atomic E-state index is 13.1. The molecule has 11 heteroatoms. The average Bonchev–Trinajstić information content (AvgIpc) is 2.65. The molecule has 0 bridgehead atoms. The number of pyridine rings is 1. The fourth-order valence-electron chi connectivity index (χ4n) is 2.93. The lowest BCUT2D eigenvalue weighted by atomic mass is 9.78. The van der Waals surface area contributed by atoms with E-state index in [2.05, 4.69) is 15.0 Å². The number of aromatic nitrogens is 3. The third kappa shape index (κ3) is 4.15. The Kier molecular flexibility index (Phi) is 5.69. The molecule has 0 aliphatic carbocycles. The average molecular weight is 414 g/mol. The Morgan fingerprint density at radius 1 is 1.39 bits per heavy atom. The third-order valence-electron chi connectivity index (χ3n) is 4.94. The van der Waals surface area contributed by atoms with Gasteiger partial charge in [0.2, 0.25) is 0 Å². The SMILES string of the molecule is C[C@]1(CN)CCN(c2cnc(Sc3cccnc3C(F)(F)F)c(N)n2)C[C@@H]1O. The van der Waals surface area contributed by atoms with Gasteiger partial charge in [-0.25, -0.2) is 9.97 Å². The highest BCUT2D eigenvalue weighted by Crippen LogP contribution is 2.39. The van der Waals surface area contributed by atoms with Crippen LogP contribution in [0.15, 0.2) is 34.4 Å². The number of nitrogen functional groups attached to an aromatic ring is 1. The molecule has 1 aliphatic rings. The van der Waals surface area contributed by atoms with Crippen molar-refractivity contribution in [3.05, 3.63) is 30.2 Å². The van der Waals surface area contributed by atoms with Crippen molar-refractivity contribution in [2.24, 2.45) is 11.1 Å². The largest absolute Gasteiger partial charge is 0.434 e. The summed E-state index contributed by atoms with van der Waals surface area (Å²) >= 11 is 0.761. The summed E-state index contributed by atoms with van der Waals surface area (Å²) in [6.45, 7) is 3.25. The van der Waals surface area contributed by atoms with Crippen molar-refractivity contribution in [1.82, 2.24) is 15.0 Å². The van der Waals surface area contributed by atoms with Gasteiger partial charge in [-0.1, -0.05) is 18.7 Å². The molecule has 0 unspecified atom stereocenters. The Balaban J connectivity index is 1.79. The van der Waals surface area contributed by atoms with Crippen LogP contribution in [0, 0.1) is 5.41 Å². The molecular formula is C17H21F3N6OS. The molecule has 3 rings (SSSR count). The van der Waals surface area contributed by atoms with Crippen LogP contribution in [0.1, 0.15) is 19.0 Å². The fraction of sp³-hybridized carbons (Fsp3) is 0.471. The lowest BCUT2D eigenvalue weighted by molar-refractivity contribution is -0.143. The van der Waals surface area contributed by atoms with E-state index in [1.807, 2.05) is 11.8 Å². The number of piperidine rings is 1. The summed E-state index contributed by atoms with van der Waals surface area (Å²) in [7, 11) is 0. The monoisotopic (exact) mass is 414 g/mol. The van der Waals surface area contributed by atoms with Crippen molar-refractivity contribution >= 4 is 23.4 Å². The molecule has 152 valence electrons. The van der Waals surface area contributed by atoms with Crippen molar-refractivity contribution in [2.45, 2.75) is 35.5 Å². The first-order chi connectivity index (χ1) is 13.1. The number of nitrogens with two attached hydrogens (primary N) is 2. The molecule has 2 atom stereocenters. The molecule has 7 nitrogen and oxygen atoms in total. The molecule has 1 fully saturated rings. The second kappa shape index (κ2) is 7.72. The molecule has 0 amide bonds. The van der Waals surface area contributed by atoms with E-state index in [0.717, 1.165) is 18.0 Å². The van der Waals surface area contributed by atoms with E-state index in [1.54, 1.807) is 0 Å². The maximum Gasteiger partial charge on any atom is 0.434 e. The van der Waals surface area contributed by atoms with Crippen LogP contribution in [0.2, 0.25) is 0 Å². The van der Waals surface area contributed by atoms with Gasteiger partial charge in [-0.15, -0.1) is 0 Å². The fourth-order valence-corrected chi connectivity index (χ4v) is 3.80. The second-order valence-electron chi connectivity index (χ2n) is 6.94. The van der Waals surface area contributed by atoms with Crippen LogP contribution in [-0.4, -0.2) is 45.8 Å². The predicted octanol–water partition coefficient (Wildman–Crippen LogP) is 2.16. The minimum Gasteiger partial charge on any atom is -0.391 e. The summed E-state index contributed by atoms with van der Waals surface area (Å²) in [5.41, 5.74) is 10.3. The van der Waals surface area contributed by atoms with Crippen molar-refractivity contribution < 1.29 is 18.3 Å². The number of rotatable bonds is 4. The van der Waals surface area contributed by atoms with Crippen molar-refractivity contribution in [3.63, 3.8) is 0 Å². The van der Waals surface area contributed by atoms with Gasteiger partial charge >= 0.3 is 6.18 Å². The predicted molar refractivity (Wildman–Crippen MR) is 99.8 cm³/mol. The zero-order valence-electron chi connectivity index (χ0n) is 15.1. The van der Waals surface area contributed by atoms with Gasteiger partial charge in [-0.3, -0.25) is 4.98 Å². The standard InChI is InChI=1S/C17H21F3N6OS/c1-16(9-21)4-6-26(8-11(16)27)12-7-24-15(14(22)25-12)28-10-3-2-5-23-13(10)17(18,19)20/h2-3,5,7,11,27H,4,6,8-9,21H2,1H3,(H2,22,25)/t11-,16+/m0/s1. The highest BCUT2D eigenvalue weighted by molar-refractivity contribution is 7.99. The van der Waals surface area contributed by atoms with Gasteiger partial charge in [0.25, 0.3) is 0 Å². The molecule has 1 aliphatic heterocycles. The van der Waals surface area contributed by atoms with Gasteiger partial charge in [0.15, 0.2) is 11.5 Å². The summed E-state index contributed by atoms with van der Waals surface area (Å²) in [6.07, 6.45) is -2.01. The molecule has 28 heavy (non-hydrogen) atoms. The van der Waals surface area contributed by atoms with E-state index in [1.165, 1.54) is 18.3 Å². The zero-order chi connectivity index (χ0) is 20.5. The minimum atomic E-state index is -4.58. The Hall–Kier alpha value is -2.11. The number of hydrogen-bond donors (Lipinski definition) is 3. The van der Waals surface area contributed by atoms with Crippen molar-refractivity contribution in [2.75, 3.05) is 30.3 Å². The van der Waals surface area contributed by atoms with Crippen LogP contribution >= 0.6 is 11.8 Å². The molecule has 0 aromatic carbocycles. The van der Waals surface area contributed by atoms with Gasteiger partial charge in [0.1, 0.15) is 10.8 Å². The van der Waals surface area contributed by atoms with E-state index in [-0.39, 0.29) is 21.2 Å². The van der Waals surface area contributed by atoms with Gasteiger partial charge < -0.3 is 21.5 Å². The quantitative estimate of drug-likeness (QED) is 0.697. The first kappa shape index (κ1) is 20.6. The Morgan fingerprint density at radius 3 is 2.75 bits per heavy atom. The van der Waals surface area contributed by atoms with Crippen molar-refractivity contribution in [1.29, 1.82) is 0 Å². The molecule has 0 spiro atoms. The first-order valence-electron chi connectivity index (χ1n) is 8.60. The third-order valence-corrected chi connectivity index (χ3v) is 6.00. The smallest absolute Gasteiger partial charge is 0.391 e. The van der Waals surface area contributed by atoms with Crippen LogP contribution in [0.25, 0.3) is 0 Å². The molecular weight excluding hydrogens is 393 g/mol. The van der Waals surface area contributed by atoms with Gasteiger partial charge in [-0.05, 0) is 18.6 Å². The lowest BCUT2D eigenvalue weighted by Crippen LogP contribution is -2.53. The second-order valence-corrected chi connectivity index (χ2v) is 7.97. The molecule has 0 saturated carbocycles. The Morgan fingerprint density at radius 2 is 2.14 bits per heavy atom. The van der Waals surface area contributed by atoms with E-state index < -0.39 is 18.0 Å². The van der Waals surface area contributed by atoms with Gasteiger partial charge in [-0.2, -0.15) is 13.2 Å². The summed E-state index contributed by atoms with van der Waals surface area (Å²) in [6, 6.07) is 2.73. The number of β-amino-alcohol motifs (C(OH)–C–C–N with tert-alkyl or cyclic N) is 1. The van der Waals surface area contributed by atoms with Crippen LogP contribution in [0.5, 0.6) is 0 Å². The van der Waals surface area contributed by atoms with Crippen LogP contribution in [0.4, 0.5) is 24.8 Å². The number of anilines is 2. The number of aliphatic hydroxyl groups excluding tert-OH is 1. The summed E-state index contributed by atoms with van der Waals surface area (Å²) in [5.74, 6) is 0.475. The molecule has 5 N–H and O–H groups in total. The summed E-state index contributed by atoms with van der Waals surface area (Å²) in [5, 5.41) is 10.5. The van der Waals surface area contributed by atoms with E-state index in [4.69, 9.17) is 11.5 Å². The number of halogens is 3. The molecule has 3 heterocycles. The van der Waals surface area contributed by atoms with Gasteiger partial charge in [0, 0.05) is 36.1 Å². The number of alkyl halides is 3. The minimum absolute atomic E-state index is 0.0149. The maximum absolute atomic E-state index is 13.1. The number of hydrogen-bond acceptors (Lipinski definition) is 8. The highest BCUT2D eigenvalue weighted by Gasteiger charge is 2.38. The Bertz CT molecular complexity index is 852.